The van der Waals surface area contributed by atoms with Gasteiger partial charge in [0, 0.05) is 18.0 Å². The Morgan fingerprint density at radius 3 is 1.14 bits per heavy atom. The third-order valence-corrected chi connectivity index (χ3v) is 13.8. The summed E-state index contributed by atoms with van der Waals surface area (Å²) in [6, 6.07) is 6.81. The van der Waals surface area contributed by atoms with Crippen LogP contribution in [0.2, 0.25) is 0 Å². The zero-order chi connectivity index (χ0) is 39.2. The minimum absolute atomic E-state index is 0.0235. The number of benzene rings is 1. The molecule has 1 fully saturated rings. The standard InChI is InChI=1S/C52H91N3O/c1-47-49-42-41-48(46-51(49)55(2)53-47)50-40-37-35-33-31-29-27-25-23-21-19-17-15-13-11-9-7-5-3-4-6-8-10-12-14-16-18-20-22-24-26-28-30-32-34-36-38-43-52(56-54-50)44-39-45-52/h41-42,46H,3-40,43-45H2,1-2H3. The molecule has 1 aliphatic heterocycles. The van der Waals surface area contributed by atoms with Gasteiger partial charge in [0.15, 0.2) is 0 Å². The summed E-state index contributed by atoms with van der Waals surface area (Å²) in [5, 5.41) is 11.0. The molecule has 1 saturated carbocycles. The highest BCUT2D eigenvalue weighted by molar-refractivity contribution is 6.03. The molecular formula is C52H91N3O. The molecule has 1 aromatic heterocycles. The maximum atomic E-state index is 6.61. The zero-order valence-corrected chi connectivity index (χ0v) is 37.5. The van der Waals surface area contributed by atoms with Gasteiger partial charge in [0.2, 0.25) is 0 Å². The van der Waals surface area contributed by atoms with Crippen LogP contribution in [0.4, 0.5) is 0 Å². The van der Waals surface area contributed by atoms with E-state index in [2.05, 4.69) is 32.2 Å². The van der Waals surface area contributed by atoms with Crippen LogP contribution in [0, 0.1) is 6.92 Å². The molecule has 4 heteroatoms. The molecule has 1 aromatic carbocycles. The van der Waals surface area contributed by atoms with Crippen LogP contribution in [0.15, 0.2) is 23.4 Å². The predicted molar refractivity (Wildman–Crippen MR) is 245 cm³/mol. The van der Waals surface area contributed by atoms with E-state index < -0.39 is 0 Å². The average Bonchev–Trinajstić information content (AvgIpc) is 3.48. The molecule has 320 valence electrons. The number of fused-ring (bicyclic) bond motifs is 1. The second-order valence-corrected chi connectivity index (χ2v) is 18.8. The van der Waals surface area contributed by atoms with Gasteiger partial charge in [-0.15, -0.1) is 0 Å². The predicted octanol–water partition coefficient (Wildman–Crippen LogP) is 17.4. The summed E-state index contributed by atoms with van der Waals surface area (Å²) < 4.78 is 2.02. The molecule has 4 nitrogen and oxygen atoms in total. The van der Waals surface area contributed by atoms with Crippen molar-refractivity contribution in [2.45, 2.75) is 276 Å². The van der Waals surface area contributed by atoms with Crippen molar-refractivity contribution in [1.29, 1.82) is 0 Å². The maximum Gasteiger partial charge on any atom is 0.137 e. The Hall–Kier alpha value is -1.84. The van der Waals surface area contributed by atoms with Gasteiger partial charge in [0.1, 0.15) is 5.60 Å². The van der Waals surface area contributed by atoms with Gasteiger partial charge in [0.05, 0.1) is 16.9 Å². The summed E-state index contributed by atoms with van der Waals surface area (Å²) in [7, 11) is 2.06. The van der Waals surface area contributed by atoms with Crippen LogP contribution in [0.5, 0.6) is 0 Å². The lowest BCUT2D eigenvalue weighted by Crippen LogP contribution is -2.39. The van der Waals surface area contributed by atoms with Crippen molar-refractivity contribution in [3.05, 3.63) is 29.5 Å². The van der Waals surface area contributed by atoms with Crippen molar-refractivity contribution in [1.82, 2.24) is 9.78 Å². The smallest absolute Gasteiger partial charge is 0.137 e. The Kier molecular flexibility index (Phi) is 25.3. The van der Waals surface area contributed by atoms with Crippen molar-refractivity contribution >= 4 is 16.6 Å². The van der Waals surface area contributed by atoms with E-state index in [1.807, 2.05) is 4.68 Å². The van der Waals surface area contributed by atoms with Crippen molar-refractivity contribution in [3.8, 4) is 0 Å². The first-order valence-electron chi connectivity index (χ1n) is 25.4. The van der Waals surface area contributed by atoms with Gasteiger partial charge in [-0.3, -0.25) is 4.68 Å². The minimum atomic E-state index is -0.0235. The largest absolute Gasteiger partial charge is 0.389 e. The van der Waals surface area contributed by atoms with E-state index in [1.54, 1.807) is 0 Å². The van der Waals surface area contributed by atoms with Gasteiger partial charge in [-0.05, 0) is 57.9 Å². The minimum Gasteiger partial charge on any atom is -0.389 e. The highest BCUT2D eigenvalue weighted by Crippen LogP contribution is 2.40. The van der Waals surface area contributed by atoms with E-state index in [0.717, 1.165) is 17.8 Å². The van der Waals surface area contributed by atoms with Gasteiger partial charge in [-0.2, -0.15) is 5.10 Å². The highest BCUT2D eigenvalue weighted by Gasteiger charge is 2.39. The molecule has 0 radical (unpaired) electrons. The fourth-order valence-electron chi connectivity index (χ4n) is 9.72. The van der Waals surface area contributed by atoms with Crippen LogP contribution < -0.4 is 0 Å². The molecule has 56 heavy (non-hydrogen) atoms. The fraction of sp³-hybridized carbons (Fsp3) is 0.846. The Balaban J connectivity index is 1.18. The van der Waals surface area contributed by atoms with Crippen LogP contribution in [0.3, 0.4) is 0 Å². The summed E-state index contributed by atoms with van der Waals surface area (Å²) in [5.41, 5.74) is 4.62. The number of oxime groups is 1. The van der Waals surface area contributed by atoms with E-state index in [1.165, 1.54) is 273 Å². The molecule has 2 heterocycles. The van der Waals surface area contributed by atoms with Crippen molar-refractivity contribution in [3.63, 3.8) is 0 Å². The molecule has 1 spiro atoms. The normalized spacial score (nSPS) is 22.8. The van der Waals surface area contributed by atoms with E-state index in [0.29, 0.717) is 0 Å². The first-order chi connectivity index (χ1) is 27.7. The molecule has 0 N–H and O–H groups in total. The molecule has 0 bridgehead atoms. The Bertz CT molecular complexity index is 1270. The molecular weight excluding hydrogens is 683 g/mol. The van der Waals surface area contributed by atoms with Crippen LogP contribution in [-0.2, 0) is 11.9 Å². The monoisotopic (exact) mass is 774 g/mol. The van der Waals surface area contributed by atoms with Gasteiger partial charge in [-0.25, -0.2) is 0 Å². The molecule has 0 saturated heterocycles. The number of rotatable bonds is 1. The first kappa shape index (κ1) is 46.8. The van der Waals surface area contributed by atoms with Gasteiger partial charge in [-0.1, -0.05) is 236 Å². The summed E-state index contributed by atoms with van der Waals surface area (Å²) in [6.45, 7) is 2.11. The second-order valence-electron chi connectivity index (χ2n) is 18.8. The number of nitrogens with zero attached hydrogens (tertiary/aromatic N) is 3. The van der Waals surface area contributed by atoms with Gasteiger partial charge >= 0.3 is 0 Å². The SMILES string of the molecule is Cc1nn(C)c2cc(C3=NOC4(CCCCCCCCCCCCCCCCCCCCCCCCCCCCCCCCCCCCCC3)CCC4)ccc12. The van der Waals surface area contributed by atoms with Gasteiger partial charge in [0.25, 0.3) is 0 Å². The third-order valence-electron chi connectivity index (χ3n) is 13.8. The highest BCUT2D eigenvalue weighted by atomic mass is 16.7. The Morgan fingerprint density at radius 1 is 0.446 bits per heavy atom. The maximum absolute atomic E-state index is 6.61. The second kappa shape index (κ2) is 30.2. The molecule has 4 rings (SSSR count). The number of hydrogen-bond donors (Lipinski definition) is 0. The first-order valence-corrected chi connectivity index (χ1v) is 25.4. The van der Waals surface area contributed by atoms with Crippen molar-refractivity contribution < 1.29 is 4.84 Å². The summed E-state index contributed by atoms with van der Waals surface area (Å²) in [4.78, 5) is 6.61. The Labute approximate surface area is 347 Å². The van der Waals surface area contributed by atoms with E-state index in [9.17, 15) is 0 Å². The fourth-order valence-corrected chi connectivity index (χ4v) is 9.72. The number of hydrogen-bond acceptors (Lipinski definition) is 3. The van der Waals surface area contributed by atoms with Crippen LogP contribution in [-0.4, -0.2) is 21.1 Å². The van der Waals surface area contributed by atoms with E-state index in [-0.39, 0.29) is 5.60 Å². The molecule has 0 unspecified atom stereocenters. The lowest BCUT2D eigenvalue weighted by molar-refractivity contribution is -0.105. The van der Waals surface area contributed by atoms with Crippen molar-refractivity contribution in [2.24, 2.45) is 12.2 Å². The third kappa shape index (κ3) is 19.7. The molecule has 0 amide bonds. The topological polar surface area (TPSA) is 39.4 Å². The Morgan fingerprint density at radius 2 is 0.786 bits per heavy atom. The zero-order valence-electron chi connectivity index (χ0n) is 37.5. The summed E-state index contributed by atoms with van der Waals surface area (Å²) in [6.07, 6.45) is 57.4. The quantitative estimate of drug-likeness (QED) is 0.289. The van der Waals surface area contributed by atoms with E-state index in [4.69, 9.17) is 15.1 Å². The van der Waals surface area contributed by atoms with E-state index >= 15 is 0 Å². The lowest BCUT2D eigenvalue weighted by atomic mass is 9.76. The molecule has 1 aliphatic carbocycles. The van der Waals surface area contributed by atoms with Crippen LogP contribution >= 0.6 is 0 Å². The average molecular weight is 774 g/mol. The van der Waals surface area contributed by atoms with Crippen molar-refractivity contribution in [2.75, 3.05) is 0 Å². The van der Waals surface area contributed by atoms with Gasteiger partial charge < -0.3 is 4.84 Å². The number of aromatic nitrogens is 2. The summed E-state index contributed by atoms with van der Waals surface area (Å²) in [5.74, 6) is 0. The molecule has 2 aliphatic rings. The molecule has 0 atom stereocenters. The molecule has 2 aromatic rings. The number of aryl methyl sites for hydroxylation is 2. The lowest BCUT2D eigenvalue weighted by Gasteiger charge is -2.39. The van der Waals surface area contributed by atoms with Crippen LogP contribution in [0.25, 0.3) is 10.9 Å². The summed E-state index contributed by atoms with van der Waals surface area (Å²) >= 11 is 0. The van der Waals surface area contributed by atoms with Crippen LogP contribution in [0.1, 0.15) is 275 Å².